The van der Waals surface area contributed by atoms with Crippen LogP contribution in [0.4, 0.5) is 0 Å². The molecule has 1 aromatic heterocycles. The number of H-pyrrole nitrogens is 1. The molecule has 0 unspecified atom stereocenters. The Hall–Kier alpha value is -2.86. The molecule has 0 radical (unpaired) electrons. The molecule has 0 aliphatic carbocycles. The van der Waals surface area contributed by atoms with E-state index in [1.807, 2.05) is 24.4 Å². The van der Waals surface area contributed by atoms with Crippen molar-refractivity contribution in [3.8, 4) is 5.75 Å². The minimum atomic E-state index is -1.02. The van der Waals surface area contributed by atoms with Crippen molar-refractivity contribution in [3.63, 3.8) is 0 Å². The number of carbonyl (C=O) groups excluding carboxylic acids is 1. The van der Waals surface area contributed by atoms with Crippen LogP contribution in [0.15, 0.2) is 49.7 Å². The average Bonchev–Trinajstić information content (AvgIpc) is 3.00. The monoisotopic (exact) mass is 356 g/mol. The Balaban J connectivity index is 2.01. The van der Waals surface area contributed by atoms with Gasteiger partial charge in [0, 0.05) is 42.8 Å². The summed E-state index contributed by atoms with van der Waals surface area (Å²) in [5, 5.41) is 9.68. The first-order valence-electron chi connectivity index (χ1n) is 8.50. The van der Waals surface area contributed by atoms with E-state index in [1.165, 1.54) is 5.56 Å². The van der Waals surface area contributed by atoms with Crippen LogP contribution in [-0.4, -0.2) is 46.6 Å². The van der Waals surface area contributed by atoms with Gasteiger partial charge in [-0.2, -0.15) is 0 Å². The van der Waals surface area contributed by atoms with Gasteiger partial charge in [-0.15, -0.1) is 13.2 Å². The Morgan fingerprint density at radius 1 is 1.19 bits per heavy atom. The van der Waals surface area contributed by atoms with Crippen molar-refractivity contribution >= 4 is 22.8 Å². The number of hydrogen-bond acceptors (Lipinski definition) is 4. The standard InChI is InChI=1S/C20H24N2O4/c1-3-10-22(11-4-2)12-9-15-14-21-18-13-16(5-6-17(15)18)26-20(25)8-7-19(23)24/h3-6,13-14,21H,1-2,7-12H2,(H,23,24). The third kappa shape index (κ3) is 5.60. The molecule has 2 aromatic rings. The number of carboxylic acid groups (broad SMARTS) is 1. The number of ether oxygens (including phenoxy) is 1. The summed E-state index contributed by atoms with van der Waals surface area (Å²) >= 11 is 0. The molecule has 0 fully saturated rings. The van der Waals surface area contributed by atoms with E-state index >= 15 is 0 Å². The predicted octanol–water partition coefficient (Wildman–Crippen LogP) is 3.15. The molecule has 1 aromatic carbocycles. The molecule has 0 aliphatic rings. The molecule has 0 bridgehead atoms. The highest BCUT2D eigenvalue weighted by atomic mass is 16.5. The highest BCUT2D eigenvalue weighted by Gasteiger charge is 2.11. The normalized spacial score (nSPS) is 10.8. The SMILES string of the molecule is C=CCN(CC=C)CCc1c[nH]c2cc(OC(=O)CCC(=O)O)ccc12. The van der Waals surface area contributed by atoms with E-state index in [4.69, 9.17) is 9.84 Å². The van der Waals surface area contributed by atoms with Crippen molar-refractivity contribution in [2.75, 3.05) is 19.6 Å². The van der Waals surface area contributed by atoms with Gasteiger partial charge in [-0.3, -0.25) is 14.5 Å². The van der Waals surface area contributed by atoms with E-state index in [9.17, 15) is 9.59 Å². The highest BCUT2D eigenvalue weighted by molar-refractivity contribution is 5.85. The summed E-state index contributed by atoms with van der Waals surface area (Å²) in [5.41, 5.74) is 2.06. The lowest BCUT2D eigenvalue weighted by atomic mass is 10.1. The van der Waals surface area contributed by atoms with Crippen LogP contribution in [0.5, 0.6) is 5.75 Å². The summed E-state index contributed by atoms with van der Waals surface area (Å²) in [6.45, 7) is 10.1. The summed E-state index contributed by atoms with van der Waals surface area (Å²) in [6, 6.07) is 5.39. The van der Waals surface area contributed by atoms with Gasteiger partial charge in [0.15, 0.2) is 0 Å². The number of fused-ring (bicyclic) bond motifs is 1. The number of nitrogens with one attached hydrogen (secondary N) is 1. The van der Waals surface area contributed by atoms with E-state index in [-0.39, 0.29) is 12.8 Å². The minimum Gasteiger partial charge on any atom is -0.481 e. The van der Waals surface area contributed by atoms with Gasteiger partial charge in [0.05, 0.1) is 12.8 Å². The van der Waals surface area contributed by atoms with Crippen molar-refractivity contribution in [3.05, 3.63) is 55.3 Å². The van der Waals surface area contributed by atoms with E-state index in [1.54, 1.807) is 12.1 Å². The second-order valence-electron chi connectivity index (χ2n) is 5.98. The van der Waals surface area contributed by atoms with Crippen LogP contribution in [0, 0.1) is 0 Å². The maximum atomic E-state index is 11.6. The first-order valence-corrected chi connectivity index (χ1v) is 8.50. The van der Waals surface area contributed by atoms with E-state index in [0.717, 1.165) is 37.0 Å². The molecule has 26 heavy (non-hydrogen) atoms. The number of hydrogen-bond donors (Lipinski definition) is 2. The first-order chi connectivity index (χ1) is 12.5. The van der Waals surface area contributed by atoms with Gasteiger partial charge in [0.25, 0.3) is 0 Å². The van der Waals surface area contributed by atoms with Crippen LogP contribution in [0.3, 0.4) is 0 Å². The fourth-order valence-electron chi connectivity index (χ4n) is 2.73. The van der Waals surface area contributed by atoms with Gasteiger partial charge in [0.2, 0.25) is 0 Å². The van der Waals surface area contributed by atoms with Crippen molar-refractivity contribution in [1.82, 2.24) is 9.88 Å². The van der Waals surface area contributed by atoms with Gasteiger partial charge in [-0.1, -0.05) is 12.2 Å². The Morgan fingerprint density at radius 3 is 2.58 bits per heavy atom. The Labute approximate surface area is 152 Å². The lowest BCUT2D eigenvalue weighted by molar-refractivity contribution is -0.142. The Kier molecular flexibility index (Phi) is 7.17. The number of aromatic amines is 1. The molecule has 6 heteroatoms. The molecule has 0 amide bonds. The smallest absolute Gasteiger partial charge is 0.311 e. The second-order valence-corrected chi connectivity index (χ2v) is 5.98. The van der Waals surface area contributed by atoms with Crippen LogP contribution >= 0.6 is 0 Å². The molecule has 2 rings (SSSR count). The van der Waals surface area contributed by atoms with Gasteiger partial charge in [0.1, 0.15) is 5.75 Å². The molecule has 138 valence electrons. The Morgan fingerprint density at radius 2 is 1.92 bits per heavy atom. The van der Waals surface area contributed by atoms with E-state index < -0.39 is 11.9 Å². The maximum absolute atomic E-state index is 11.6. The second kappa shape index (κ2) is 9.58. The van der Waals surface area contributed by atoms with Crippen molar-refractivity contribution in [2.24, 2.45) is 0 Å². The summed E-state index contributed by atoms with van der Waals surface area (Å²) in [7, 11) is 0. The van der Waals surface area contributed by atoms with E-state index in [0.29, 0.717) is 5.75 Å². The fraction of sp³-hybridized carbons (Fsp3) is 0.300. The summed E-state index contributed by atoms with van der Waals surface area (Å²) in [6.07, 6.45) is 6.21. The van der Waals surface area contributed by atoms with Crippen LogP contribution in [0.2, 0.25) is 0 Å². The third-order valence-electron chi connectivity index (χ3n) is 3.99. The quantitative estimate of drug-likeness (QED) is 0.367. The molecule has 6 nitrogen and oxygen atoms in total. The lowest BCUT2D eigenvalue weighted by Gasteiger charge is -2.18. The number of aromatic nitrogens is 1. The molecule has 1 heterocycles. The molecular formula is C20H24N2O4. The van der Waals surface area contributed by atoms with Crippen molar-refractivity contribution in [1.29, 1.82) is 0 Å². The number of esters is 1. The van der Waals surface area contributed by atoms with Crippen molar-refractivity contribution in [2.45, 2.75) is 19.3 Å². The topological polar surface area (TPSA) is 82.6 Å². The fourth-order valence-corrected chi connectivity index (χ4v) is 2.73. The number of rotatable bonds is 11. The predicted molar refractivity (Wildman–Crippen MR) is 101 cm³/mol. The van der Waals surface area contributed by atoms with E-state index in [2.05, 4.69) is 23.0 Å². The number of aliphatic carboxylic acids is 1. The molecule has 2 N–H and O–H groups in total. The van der Waals surface area contributed by atoms with Crippen LogP contribution in [-0.2, 0) is 16.0 Å². The lowest BCUT2D eigenvalue weighted by Crippen LogP contribution is -2.26. The average molecular weight is 356 g/mol. The first kappa shape index (κ1) is 19.5. The van der Waals surface area contributed by atoms with Crippen LogP contribution in [0.25, 0.3) is 10.9 Å². The van der Waals surface area contributed by atoms with Gasteiger partial charge in [-0.05, 0) is 24.1 Å². The van der Waals surface area contributed by atoms with Crippen molar-refractivity contribution < 1.29 is 19.4 Å². The minimum absolute atomic E-state index is 0.147. The Bertz CT molecular complexity index is 784. The van der Waals surface area contributed by atoms with Crippen LogP contribution in [0.1, 0.15) is 18.4 Å². The molecule has 0 saturated heterocycles. The highest BCUT2D eigenvalue weighted by Crippen LogP contribution is 2.24. The van der Waals surface area contributed by atoms with Crippen LogP contribution < -0.4 is 4.74 Å². The number of carboxylic acids is 1. The number of carbonyl (C=O) groups is 2. The zero-order chi connectivity index (χ0) is 18.9. The molecule has 0 spiro atoms. The molecule has 0 aliphatic heterocycles. The number of nitrogens with zero attached hydrogens (tertiary/aromatic N) is 1. The number of benzene rings is 1. The van der Waals surface area contributed by atoms with Gasteiger partial charge >= 0.3 is 11.9 Å². The summed E-state index contributed by atoms with van der Waals surface area (Å²) in [5.74, 6) is -1.17. The van der Waals surface area contributed by atoms with Gasteiger partial charge < -0.3 is 14.8 Å². The zero-order valence-corrected chi connectivity index (χ0v) is 14.7. The molecular weight excluding hydrogens is 332 g/mol. The largest absolute Gasteiger partial charge is 0.481 e. The van der Waals surface area contributed by atoms with Gasteiger partial charge in [-0.25, -0.2) is 0 Å². The zero-order valence-electron chi connectivity index (χ0n) is 14.7. The third-order valence-corrected chi connectivity index (χ3v) is 3.99. The maximum Gasteiger partial charge on any atom is 0.311 e. The summed E-state index contributed by atoms with van der Waals surface area (Å²) < 4.78 is 5.19. The molecule has 0 saturated carbocycles. The summed E-state index contributed by atoms with van der Waals surface area (Å²) in [4.78, 5) is 27.6. The molecule has 0 atom stereocenters.